The maximum atomic E-state index is 12.1. The first-order chi connectivity index (χ1) is 11.1. The van der Waals surface area contributed by atoms with E-state index in [9.17, 15) is 9.90 Å². The molecule has 0 radical (unpaired) electrons. The number of para-hydroxylation sites is 2. The molecule has 3 aromatic rings. The van der Waals surface area contributed by atoms with E-state index in [4.69, 9.17) is 5.73 Å². The van der Waals surface area contributed by atoms with Crippen molar-refractivity contribution in [2.24, 2.45) is 10.2 Å². The lowest BCUT2D eigenvalue weighted by molar-refractivity contribution is 0.0996. The average Bonchev–Trinajstić information content (AvgIpc) is 2.84. The number of aromatic hydroxyl groups is 1. The molecule has 116 valence electrons. The van der Waals surface area contributed by atoms with Crippen LogP contribution < -0.4 is 5.73 Å². The fourth-order valence-corrected chi connectivity index (χ4v) is 2.53. The summed E-state index contributed by atoms with van der Waals surface area (Å²) in [6.45, 7) is 2.50. The summed E-state index contributed by atoms with van der Waals surface area (Å²) < 4.78 is 1.71. The molecule has 0 saturated carbocycles. The zero-order valence-corrected chi connectivity index (χ0v) is 12.6. The van der Waals surface area contributed by atoms with Crippen molar-refractivity contribution in [3.8, 4) is 5.88 Å². The largest absolute Gasteiger partial charge is 0.493 e. The SMILES string of the molecule is CCn1c(O)c(N=NC(=O)c2ccccc2N)c2ccccc21. The summed E-state index contributed by atoms with van der Waals surface area (Å²) in [6, 6.07) is 14.1. The summed E-state index contributed by atoms with van der Waals surface area (Å²) in [5, 5.41) is 18.8. The molecular formula is C17H16N4O2. The van der Waals surface area contributed by atoms with Gasteiger partial charge in [-0.1, -0.05) is 30.3 Å². The van der Waals surface area contributed by atoms with E-state index in [1.807, 2.05) is 31.2 Å². The standard InChI is InChI=1S/C17H16N4O2/c1-2-21-14-10-6-4-8-12(14)15(17(21)23)19-20-16(22)11-7-3-5-9-13(11)18/h3-10,23H,2,18H2,1H3. The molecule has 6 heteroatoms. The van der Waals surface area contributed by atoms with E-state index >= 15 is 0 Å². The molecular weight excluding hydrogens is 292 g/mol. The molecule has 3 N–H and O–H groups in total. The average molecular weight is 308 g/mol. The number of carbonyl (C=O) groups is 1. The van der Waals surface area contributed by atoms with Gasteiger partial charge >= 0.3 is 0 Å². The van der Waals surface area contributed by atoms with Gasteiger partial charge in [-0.05, 0) is 25.1 Å². The van der Waals surface area contributed by atoms with E-state index in [1.165, 1.54) is 0 Å². The molecule has 0 aliphatic carbocycles. The molecule has 0 aliphatic heterocycles. The summed E-state index contributed by atoms with van der Waals surface area (Å²) in [5.41, 5.74) is 7.52. The second-order valence-electron chi connectivity index (χ2n) is 5.03. The molecule has 0 aliphatic rings. The van der Waals surface area contributed by atoms with Crippen LogP contribution in [0.1, 0.15) is 17.3 Å². The third-order valence-corrected chi connectivity index (χ3v) is 3.67. The van der Waals surface area contributed by atoms with E-state index in [0.29, 0.717) is 12.2 Å². The highest BCUT2D eigenvalue weighted by molar-refractivity contribution is 6.00. The van der Waals surface area contributed by atoms with Crippen LogP contribution in [0.4, 0.5) is 11.4 Å². The van der Waals surface area contributed by atoms with Crippen molar-refractivity contribution in [1.82, 2.24) is 4.57 Å². The van der Waals surface area contributed by atoms with Crippen LogP contribution >= 0.6 is 0 Å². The number of benzene rings is 2. The van der Waals surface area contributed by atoms with E-state index in [1.54, 1.807) is 28.8 Å². The number of nitrogens with two attached hydrogens (primary N) is 1. The Morgan fingerprint density at radius 3 is 2.61 bits per heavy atom. The highest BCUT2D eigenvalue weighted by Gasteiger charge is 2.16. The Morgan fingerprint density at radius 2 is 1.87 bits per heavy atom. The van der Waals surface area contributed by atoms with Crippen molar-refractivity contribution in [1.29, 1.82) is 0 Å². The Kier molecular flexibility index (Phi) is 3.80. The molecule has 23 heavy (non-hydrogen) atoms. The van der Waals surface area contributed by atoms with Gasteiger partial charge < -0.3 is 15.4 Å². The number of hydrogen-bond acceptors (Lipinski definition) is 4. The third kappa shape index (κ3) is 2.55. The van der Waals surface area contributed by atoms with Crippen molar-refractivity contribution in [2.75, 3.05) is 5.73 Å². The Morgan fingerprint density at radius 1 is 1.17 bits per heavy atom. The predicted molar refractivity (Wildman–Crippen MR) is 89.0 cm³/mol. The van der Waals surface area contributed by atoms with Crippen LogP contribution in [0.3, 0.4) is 0 Å². The van der Waals surface area contributed by atoms with Gasteiger partial charge in [-0.15, -0.1) is 10.2 Å². The van der Waals surface area contributed by atoms with Gasteiger partial charge in [-0.2, -0.15) is 0 Å². The number of nitrogens with zero attached hydrogens (tertiary/aromatic N) is 3. The van der Waals surface area contributed by atoms with Crippen LogP contribution in [0, 0.1) is 0 Å². The van der Waals surface area contributed by atoms with Gasteiger partial charge in [-0.3, -0.25) is 4.79 Å². The maximum absolute atomic E-state index is 12.1. The van der Waals surface area contributed by atoms with Gasteiger partial charge in [0.05, 0.1) is 11.1 Å². The van der Waals surface area contributed by atoms with Gasteiger partial charge in [-0.25, -0.2) is 0 Å². The topological polar surface area (TPSA) is 93.0 Å². The van der Waals surface area contributed by atoms with Crippen LogP contribution in [0.2, 0.25) is 0 Å². The second-order valence-corrected chi connectivity index (χ2v) is 5.03. The fourth-order valence-electron chi connectivity index (χ4n) is 2.53. The third-order valence-electron chi connectivity index (χ3n) is 3.67. The molecule has 1 heterocycles. The number of azo groups is 1. The van der Waals surface area contributed by atoms with Gasteiger partial charge in [0.1, 0.15) is 0 Å². The highest BCUT2D eigenvalue weighted by atomic mass is 16.3. The maximum Gasteiger partial charge on any atom is 0.297 e. The van der Waals surface area contributed by atoms with Gasteiger partial charge in [0.2, 0.25) is 5.88 Å². The van der Waals surface area contributed by atoms with Crippen molar-refractivity contribution in [3.05, 3.63) is 54.1 Å². The molecule has 1 amide bonds. The Hall–Kier alpha value is -3.15. The number of rotatable bonds is 3. The van der Waals surface area contributed by atoms with Crippen molar-refractivity contribution >= 4 is 28.2 Å². The molecule has 2 aromatic carbocycles. The summed E-state index contributed by atoms with van der Waals surface area (Å²) in [4.78, 5) is 12.1. The first-order valence-corrected chi connectivity index (χ1v) is 7.24. The number of hydrogen-bond donors (Lipinski definition) is 2. The number of anilines is 1. The zero-order chi connectivity index (χ0) is 16.4. The van der Waals surface area contributed by atoms with Crippen molar-refractivity contribution in [2.45, 2.75) is 13.5 Å². The van der Waals surface area contributed by atoms with Gasteiger partial charge in [0, 0.05) is 17.6 Å². The molecule has 0 unspecified atom stereocenters. The highest BCUT2D eigenvalue weighted by Crippen LogP contribution is 2.38. The smallest absolute Gasteiger partial charge is 0.297 e. The van der Waals surface area contributed by atoms with E-state index < -0.39 is 5.91 Å². The lowest BCUT2D eigenvalue weighted by Gasteiger charge is -2.01. The lowest BCUT2D eigenvalue weighted by Crippen LogP contribution is -1.99. The molecule has 0 fully saturated rings. The zero-order valence-electron chi connectivity index (χ0n) is 12.6. The number of aromatic nitrogens is 1. The summed E-state index contributed by atoms with van der Waals surface area (Å²) in [7, 11) is 0. The number of amides is 1. The van der Waals surface area contributed by atoms with Crippen LogP contribution in [0.25, 0.3) is 10.9 Å². The van der Waals surface area contributed by atoms with Gasteiger partial charge in [0.15, 0.2) is 5.69 Å². The Balaban J connectivity index is 2.03. The number of fused-ring (bicyclic) bond motifs is 1. The number of aryl methyl sites for hydroxylation is 1. The Bertz CT molecular complexity index is 912. The minimum absolute atomic E-state index is 0.00807. The molecule has 3 rings (SSSR count). The second kappa shape index (κ2) is 5.92. The molecule has 0 bridgehead atoms. The monoisotopic (exact) mass is 308 g/mol. The van der Waals surface area contributed by atoms with Crippen LogP contribution in [-0.2, 0) is 6.54 Å². The van der Waals surface area contributed by atoms with Crippen LogP contribution in [0.5, 0.6) is 5.88 Å². The van der Waals surface area contributed by atoms with Crippen LogP contribution in [-0.4, -0.2) is 15.6 Å². The minimum atomic E-state index is -0.546. The molecule has 0 saturated heterocycles. The molecule has 0 spiro atoms. The first kappa shape index (κ1) is 14.8. The van der Waals surface area contributed by atoms with Crippen molar-refractivity contribution < 1.29 is 9.90 Å². The molecule has 6 nitrogen and oxygen atoms in total. The number of carbonyl (C=O) groups excluding carboxylic acids is 1. The van der Waals surface area contributed by atoms with E-state index in [-0.39, 0.29) is 17.1 Å². The van der Waals surface area contributed by atoms with E-state index in [0.717, 1.165) is 10.9 Å². The summed E-state index contributed by atoms with van der Waals surface area (Å²) in [6.07, 6.45) is 0. The Labute approximate surface area is 132 Å². The van der Waals surface area contributed by atoms with Gasteiger partial charge in [0.25, 0.3) is 5.91 Å². The minimum Gasteiger partial charge on any atom is -0.493 e. The quantitative estimate of drug-likeness (QED) is 0.568. The lowest BCUT2D eigenvalue weighted by atomic mass is 10.2. The van der Waals surface area contributed by atoms with Crippen LogP contribution in [0.15, 0.2) is 58.8 Å². The summed E-state index contributed by atoms with van der Waals surface area (Å²) >= 11 is 0. The first-order valence-electron chi connectivity index (χ1n) is 7.24. The fraction of sp³-hybridized carbons (Fsp3) is 0.118. The molecule has 0 atom stereocenters. The normalized spacial score (nSPS) is 11.3. The van der Waals surface area contributed by atoms with E-state index in [2.05, 4.69) is 10.2 Å². The van der Waals surface area contributed by atoms with Crippen molar-refractivity contribution in [3.63, 3.8) is 0 Å². The summed E-state index contributed by atoms with van der Waals surface area (Å²) in [5.74, 6) is -0.554. The predicted octanol–water partition coefficient (Wildman–Crippen LogP) is 3.87. The number of nitrogen functional groups attached to an aromatic ring is 1. The molecule has 1 aromatic heterocycles.